The predicted octanol–water partition coefficient (Wildman–Crippen LogP) is 1.38. The number of hydrogen-bond acceptors (Lipinski definition) is 3. The van der Waals surface area contributed by atoms with E-state index < -0.39 is 10.0 Å². The van der Waals surface area contributed by atoms with Crippen LogP contribution in [-0.2, 0) is 10.0 Å². The van der Waals surface area contributed by atoms with Gasteiger partial charge in [0.15, 0.2) is 0 Å². The Bertz CT molecular complexity index is 392. The second-order valence-corrected chi connectivity index (χ2v) is 8.97. The van der Waals surface area contributed by atoms with E-state index in [4.69, 9.17) is 0 Å². The molecule has 2 bridgehead atoms. The summed E-state index contributed by atoms with van der Waals surface area (Å²) in [5.41, 5.74) is 0. The molecule has 0 aliphatic carbocycles. The molecule has 1 N–H and O–H groups in total. The van der Waals surface area contributed by atoms with Crippen molar-refractivity contribution in [2.45, 2.75) is 24.9 Å². The zero-order valence-corrected chi connectivity index (χ0v) is 12.7. The van der Waals surface area contributed by atoms with Crippen molar-refractivity contribution >= 4 is 41.9 Å². The van der Waals surface area contributed by atoms with Crippen LogP contribution >= 0.6 is 31.9 Å². The molecule has 2 rings (SSSR count). The van der Waals surface area contributed by atoms with Gasteiger partial charge in [-0.15, -0.1) is 0 Å². The number of hydrogen-bond donors (Lipinski definition) is 1. The van der Waals surface area contributed by atoms with Crippen molar-refractivity contribution < 1.29 is 8.42 Å². The van der Waals surface area contributed by atoms with E-state index in [1.54, 1.807) is 4.31 Å². The van der Waals surface area contributed by atoms with Gasteiger partial charge in [0.25, 0.3) is 0 Å². The third-order valence-electron chi connectivity index (χ3n) is 3.02. The topological polar surface area (TPSA) is 49.4 Å². The summed E-state index contributed by atoms with van der Waals surface area (Å²) in [6.45, 7) is 1.28. The van der Waals surface area contributed by atoms with Crippen LogP contribution in [0.15, 0.2) is 9.47 Å². The van der Waals surface area contributed by atoms with Crippen LogP contribution in [0.3, 0.4) is 0 Å². The minimum atomic E-state index is -3.08. The van der Waals surface area contributed by atoms with E-state index in [9.17, 15) is 8.42 Å². The molecule has 0 aromatic rings. The average molecular weight is 374 g/mol. The quantitative estimate of drug-likeness (QED) is 0.755. The molecular formula is C9H14Br2N2O2S. The highest BCUT2D eigenvalue weighted by atomic mass is 79.9. The van der Waals surface area contributed by atoms with Gasteiger partial charge in [-0.05, 0) is 50.8 Å². The van der Waals surface area contributed by atoms with Crippen LogP contribution in [-0.4, -0.2) is 43.6 Å². The molecule has 92 valence electrons. The van der Waals surface area contributed by atoms with Crippen LogP contribution in [0.2, 0.25) is 0 Å². The van der Waals surface area contributed by atoms with E-state index in [2.05, 4.69) is 37.2 Å². The smallest absolute Gasteiger partial charge is 0.214 e. The number of nitrogens with one attached hydrogen (secondary N) is 1. The Hall–Kier alpha value is 0.570. The van der Waals surface area contributed by atoms with E-state index in [0.29, 0.717) is 19.1 Å². The Morgan fingerprint density at radius 3 is 2.88 bits per heavy atom. The largest absolute Gasteiger partial charge is 0.311 e. The number of piperazine rings is 1. The SMILES string of the molecule is O=S1(=O)CCC[C@@H]2CN1[C@@H](C=C(Br)Br)CN2. The first-order valence-electron chi connectivity index (χ1n) is 5.25. The zero-order valence-electron chi connectivity index (χ0n) is 8.70. The fourth-order valence-corrected chi connectivity index (χ4v) is 4.57. The van der Waals surface area contributed by atoms with Crippen molar-refractivity contribution in [2.75, 3.05) is 18.8 Å². The fraction of sp³-hybridized carbons (Fsp3) is 0.778. The van der Waals surface area contributed by atoms with E-state index in [0.717, 1.165) is 16.2 Å². The monoisotopic (exact) mass is 372 g/mol. The highest BCUT2D eigenvalue weighted by molar-refractivity contribution is 9.28. The molecule has 0 spiro atoms. The Morgan fingerprint density at radius 2 is 2.19 bits per heavy atom. The molecule has 0 radical (unpaired) electrons. The van der Waals surface area contributed by atoms with Crippen molar-refractivity contribution in [2.24, 2.45) is 0 Å². The number of sulfonamides is 1. The Morgan fingerprint density at radius 1 is 1.44 bits per heavy atom. The van der Waals surface area contributed by atoms with Gasteiger partial charge < -0.3 is 5.32 Å². The number of halogens is 2. The van der Waals surface area contributed by atoms with Crippen molar-refractivity contribution in [3.63, 3.8) is 0 Å². The summed E-state index contributed by atoms with van der Waals surface area (Å²) >= 11 is 6.57. The maximum absolute atomic E-state index is 12.0. The molecule has 2 aliphatic rings. The van der Waals surface area contributed by atoms with Crippen LogP contribution in [0.25, 0.3) is 0 Å². The summed E-state index contributed by atoms with van der Waals surface area (Å²) in [6.07, 6.45) is 3.58. The number of nitrogens with zero attached hydrogens (tertiary/aromatic N) is 1. The standard InChI is InChI=1S/C9H14Br2N2O2S/c10-9(11)4-8-5-12-7-2-1-3-16(14,15)13(8)6-7/h4,7-8,12H,1-3,5-6H2/t7-,8+/m1/s1. The van der Waals surface area contributed by atoms with Crippen LogP contribution in [0.1, 0.15) is 12.8 Å². The molecule has 2 aliphatic heterocycles. The Kier molecular flexibility index (Phi) is 4.11. The lowest BCUT2D eigenvalue weighted by molar-refractivity contribution is 0.256. The first-order chi connectivity index (χ1) is 7.49. The van der Waals surface area contributed by atoms with Gasteiger partial charge in [0.1, 0.15) is 0 Å². The molecule has 0 amide bonds. The van der Waals surface area contributed by atoms with Crippen LogP contribution in [0, 0.1) is 0 Å². The molecule has 0 aromatic heterocycles. The normalized spacial score (nSPS) is 37.5. The maximum atomic E-state index is 12.0. The summed E-state index contributed by atoms with van der Waals surface area (Å²) in [5.74, 6) is 0.273. The lowest BCUT2D eigenvalue weighted by Gasteiger charge is -2.36. The van der Waals surface area contributed by atoms with Gasteiger partial charge in [0.05, 0.1) is 15.2 Å². The minimum Gasteiger partial charge on any atom is -0.311 e. The molecule has 4 nitrogen and oxygen atoms in total. The highest BCUT2D eigenvalue weighted by Gasteiger charge is 2.37. The van der Waals surface area contributed by atoms with Crippen molar-refractivity contribution in [1.82, 2.24) is 9.62 Å². The molecule has 0 saturated carbocycles. The lowest BCUT2D eigenvalue weighted by Crippen LogP contribution is -2.56. The van der Waals surface area contributed by atoms with Gasteiger partial charge >= 0.3 is 0 Å². The molecule has 2 saturated heterocycles. The second-order valence-electron chi connectivity index (χ2n) is 4.16. The lowest BCUT2D eigenvalue weighted by atomic mass is 10.1. The first kappa shape index (κ1) is 13.0. The number of fused-ring (bicyclic) bond motifs is 2. The van der Waals surface area contributed by atoms with Crippen molar-refractivity contribution in [3.8, 4) is 0 Å². The number of rotatable bonds is 1. The van der Waals surface area contributed by atoms with Crippen molar-refractivity contribution in [1.29, 1.82) is 0 Å². The minimum absolute atomic E-state index is 0.0897. The summed E-state index contributed by atoms with van der Waals surface area (Å²) < 4.78 is 26.5. The molecule has 3 atom stereocenters. The Labute approximate surface area is 113 Å². The molecule has 16 heavy (non-hydrogen) atoms. The molecule has 7 heteroatoms. The van der Waals surface area contributed by atoms with E-state index in [1.807, 2.05) is 6.08 Å². The molecule has 1 unspecified atom stereocenters. The maximum Gasteiger partial charge on any atom is 0.214 e. The highest BCUT2D eigenvalue weighted by Crippen LogP contribution is 2.24. The molecule has 0 aromatic carbocycles. The summed E-state index contributed by atoms with van der Waals surface area (Å²) in [4.78, 5) is 0. The summed E-state index contributed by atoms with van der Waals surface area (Å²) in [5, 5.41) is 3.39. The predicted molar refractivity (Wildman–Crippen MR) is 71.2 cm³/mol. The van der Waals surface area contributed by atoms with Gasteiger partial charge in [-0.1, -0.05) is 0 Å². The fourth-order valence-electron chi connectivity index (χ4n) is 2.24. The third-order valence-corrected chi connectivity index (χ3v) is 5.48. The summed E-state index contributed by atoms with van der Waals surface area (Å²) in [7, 11) is -3.08. The molecular weight excluding hydrogens is 360 g/mol. The van der Waals surface area contributed by atoms with E-state index in [-0.39, 0.29) is 11.8 Å². The van der Waals surface area contributed by atoms with E-state index >= 15 is 0 Å². The van der Waals surface area contributed by atoms with Gasteiger partial charge in [0.2, 0.25) is 10.0 Å². The third kappa shape index (κ3) is 2.87. The van der Waals surface area contributed by atoms with Crippen LogP contribution < -0.4 is 5.32 Å². The van der Waals surface area contributed by atoms with Gasteiger partial charge in [-0.25, -0.2) is 8.42 Å². The zero-order chi connectivity index (χ0) is 11.8. The summed E-state index contributed by atoms with van der Waals surface area (Å²) in [6, 6.07) is 0.226. The van der Waals surface area contributed by atoms with E-state index in [1.165, 1.54) is 0 Å². The second kappa shape index (κ2) is 5.06. The Balaban J connectivity index is 2.27. The molecule has 2 heterocycles. The average Bonchev–Trinajstić information content (AvgIpc) is 2.29. The van der Waals surface area contributed by atoms with Gasteiger partial charge in [0, 0.05) is 19.1 Å². The van der Waals surface area contributed by atoms with Crippen LogP contribution in [0.5, 0.6) is 0 Å². The van der Waals surface area contributed by atoms with Gasteiger partial charge in [-0.3, -0.25) is 0 Å². The van der Waals surface area contributed by atoms with Gasteiger partial charge in [-0.2, -0.15) is 4.31 Å². The first-order valence-corrected chi connectivity index (χ1v) is 8.44. The van der Waals surface area contributed by atoms with Crippen LogP contribution in [0.4, 0.5) is 0 Å². The molecule has 2 fully saturated rings. The van der Waals surface area contributed by atoms with Crippen molar-refractivity contribution in [3.05, 3.63) is 9.47 Å².